The van der Waals surface area contributed by atoms with Gasteiger partial charge in [-0.1, -0.05) is 0 Å². The predicted molar refractivity (Wildman–Crippen MR) is 69.2 cm³/mol. The van der Waals surface area contributed by atoms with Crippen LogP contribution in [-0.4, -0.2) is 20.0 Å². The minimum atomic E-state index is -3.89. The molecule has 5 nitrogen and oxygen atoms in total. The van der Waals surface area contributed by atoms with Crippen molar-refractivity contribution in [1.82, 2.24) is 0 Å². The lowest BCUT2D eigenvalue weighted by Crippen LogP contribution is -2.24. The molecule has 0 radical (unpaired) electrons. The summed E-state index contributed by atoms with van der Waals surface area (Å²) in [6.07, 6.45) is 0.511. The predicted octanol–water partition coefficient (Wildman–Crippen LogP) is 2.25. The summed E-state index contributed by atoms with van der Waals surface area (Å²) in [6, 6.07) is 2.64. The van der Waals surface area contributed by atoms with Crippen molar-refractivity contribution < 1.29 is 22.7 Å². The van der Waals surface area contributed by atoms with Gasteiger partial charge in [-0.25, -0.2) is 8.42 Å². The maximum absolute atomic E-state index is 11.4. The second kappa shape index (κ2) is 4.38. The van der Waals surface area contributed by atoms with Crippen molar-refractivity contribution >= 4 is 25.7 Å². The number of carbonyl (C=O) groups is 1. The minimum absolute atomic E-state index is 0.0785. The number of hydrogen-bond acceptors (Lipinski definition) is 5. The summed E-state index contributed by atoms with van der Waals surface area (Å²) in [6.45, 7) is 4.95. The van der Waals surface area contributed by atoms with Gasteiger partial charge >= 0.3 is 5.97 Å². The van der Waals surface area contributed by atoms with Crippen LogP contribution in [0, 0.1) is 0 Å². The van der Waals surface area contributed by atoms with Gasteiger partial charge in [0.1, 0.15) is 5.60 Å². The highest BCUT2D eigenvalue weighted by Crippen LogP contribution is 2.44. The number of fused-ring (bicyclic) bond motifs is 1. The summed E-state index contributed by atoms with van der Waals surface area (Å²) >= 11 is 0. The molecule has 1 aromatic rings. The Morgan fingerprint density at radius 2 is 2.05 bits per heavy atom. The van der Waals surface area contributed by atoms with Gasteiger partial charge in [0.2, 0.25) is 0 Å². The maximum Gasteiger partial charge on any atom is 0.308 e. The van der Waals surface area contributed by atoms with Crippen LogP contribution in [0.1, 0.15) is 26.3 Å². The molecule has 0 saturated heterocycles. The Bertz CT molecular complexity index is 648. The second-order valence-corrected chi connectivity index (χ2v) is 7.55. The zero-order chi connectivity index (χ0) is 14.4. The molecule has 0 atom stereocenters. The zero-order valence-electron chi connectivity index (χ0n) is 10.7. The van der Waals surface area contributed by atoms with E-state index in [9.17, 15) is 13.2 Å². The highest BCUT2D eigenvalue weighted by atomic mass is 35.7. The van der Waals surface area contributed by atoms with Gasteiger partial charge in [-0.2, -0.15) is 0 Å². The normalized spacial score (nSPS) is 16.6. The molecule has 0 saturated carbocycles. The van der Waals surface area contributed by atoms with E-state index in [1.807, 2.05) is 13.8 Å². The molecular formula is C12H13ClO5S. The number of rotatable bonds is 2. The first-order valence-corrected chi connectivity index (χ1v) is 7.88. The van der Waals surface area contributed by atoms with Crippen molar-refractivity contribution in [2.45, 2.75) is 37.7 Å². The first-order valence-electron chi connectivity index (χ1n) is 5.57. The van der Waals surface area contributed by atoms with Crippen molar-refractivity contribution in [2.75, 3.05) is 0 Å². The molecule has 1 heterocycles. The van der Waals surface area contributed by atoms with E-state index in [0.717, 1.165) is 0 Å². The molecule has 0 N–H and O–H groups in total. The van der Waals surface area contributed by atoms with Crippen LogP contribution in [0.25, 0.3) is 0 Å². The van der Waals surface area contributed by atoms with E-state index in [1.165, 1.54) is 19.1 Å². The topological polar surface area (TPSA) is 69.7 Å². The lowest BCUT2D eigenvalue weighted by molar-refractivity contribution is -0.132. The van der Waals surface area contributed by atoms with Crippen LogP contribution >= 0.6 is 10.7 Å². The number of halogens is 1. The summed E-state index contributed by atoms with van der Waals surface area (Å²) in [5.41, 5.74) is 0.175. The Kier molecular flexibility index (Phi) is 3.26. The van der Waals surface area contributed by atoms with Crippen molar-refractivity contribution in [3.63, 3.8) is 0 Å². The van der Waals surface area contributed by atoms with Gasteiger partial charge in [-0.15, -0.1) is 0 Å². The molecule has 1 aliphatic heterocycles. The molecule has 2 rings (SSSR count). The van der Waals surface area contributed by atoms with Crippen molar-refractivity contribution in [3.05, 3.63) is 17.7 Å². The molecular weight excluding hydrogens is 292 g/mol. The fraction of sp³-hybridized carbons (Fsp3) is 0.417. The highest BCUT2D eigenvalue weighted by molar-refractivity contribution is 8.13. The van der Waals surface area contributed by atoms with E-state index >= 15 is 0 Å². The summed E-state index contributed by atoms with van der Waals surface area (Å²) in [5.74, 6) is -0.0845. The minimum Gasteiger partial charge on any atom is -0.483 e. The van der Waals surface area contributed by atoms with Crippen LogP contribution in [0.2, 0.25) is 0 Å². The van der Waals surface area contributed by atoms with E-state index in [1.54, 1.807) is 0 Å². The number of benzene rings is 1. The number of esters is 1. The summed E-state index contributed by atoms with van der Waals surface area (Å²) in [5, 5.41) is 0. The van der Waals surface area contributed by atoms with Crippen molar-refractivity contribution in [2.24, 2.45) is 0 Å². The quantitative estimate of drug-likeness (QED) is 0.476. The third-order valence-electron chi connectivity index (χ3n) is 2.64. The van der Waals surface area contributed by atoms with Gasteiger partial charge in [-0.3, -0.25) is 4.79 Å². The SMILES string of the molecule is CC(=O)Oc1cc(S(=O)(=O)Cl)cc2c1OC(C)(C)C2. The lowest BCUT2D eigenvalue weighted by atomic mass is 10.0. The molecule has 0 bridgehead atoms. The molecule has 0 unspecified atom stereocenters. The van der Waals surface area contributed by atoms with Crippen LogP contribution in [0.5, 0.6) is 11.5 Å². The Labute approximate surface area is 115 Å². The average molecular weight is 305 g/mol. The summed E-state index contributed by atoms with van der Waals surface area (Å²) in [7, 11) is 1.44. The van der Waals surface area contributed by atoms with E-state index in [0.29, 0.717) is 17.7 Å². The fourth-order valence-corrected chi connectivity index (χ4v) is 2.82. The Morgan fingerprint density at radius 1 is 1.42 bits per heavy atom. The monoisotopic (exact) mass is 304 g/mol. The van der Waals surface area contributed by atoms with Gasteiger partial charge in [-0.05, 0) is 19.9 Å². The van der Waals surface area contributed by atoms with E-state index in [4.69, 9.17) is 20.2 Å². The summed E-state index contributed by atoms with van der Waals surface area (Å²) < 4.78 is 33.5. The molecule has 104 valence electrons. The third kappa shape index (κ3) is 3.01. The van der Waals surface area contributed by atoms with Crippen LogP contribution in [0.3, 0.4) is 0 Å². The molecule has 0 aromatic heterocycles. The lowest BCUT2D eigenvalue weighted by Gasteiger charge is -2.17. The van der Waals surface area contributed by atoms with Crippen LogP contribution < -0.4 is 9.47 Å². The molecule has 0 fully saturated rings. The van der Waals surface area contributed by atoms with Crippen molar-refractivity contribution in [3.8, 4) is 11.5 Å². The maximum atomic E-state index is 11.4. The Morgan fingerprint density at radius 3 is 2.58 bits per heavy atom. The Balaban J connectivity index is 2.60. The molecule has 1 aliphatic rings. The van der Waals surface area contributed by atoms with Crippen LogP contribution in [-0.2, 0) is 20.3 Å². The van der Waals surface area contributed by atoms with Gasteiger partial charge in [0, 0.05) is 35.7 Å². The highest BCUT2D eigenvalue weighted by Gasteiger charge is 2.34. The number of ether oxygens (including phenoxy) is 2. The van der Waals surface area contributed by atoms with E-state index in [2.05, 4.69) is 0 Å². The second-order valence-electron chi connectivity index (χ2n) is 4.98. The van der Waals surface area contributed by atoms with Gasteiger partial charge in [0.15, 0.2) is 11.5 Å². The number of hydrogen-bond donors (Lipinski definition) is 0. The smallest absolute Gasteiger partial charge is 0.308 e. The molecule has 0 spiro atoms. The van der Waals surface area contributed by atoms with Crippen LogP contribution in [0.15, 0.2) is 17.0 Å². The largest absolute Gasteiger partial charge is 0.483 e. The van der Waals surface area contributed by atoms with Crippen molar-refractivity contribution in [1.29, 1.82) is 0 Å². The first kappa shape index (κ1) is 14.1. The zero-order valence-corrected chi connectivity index (χ0v) is 12.3. The van der Waals surface area contributed by atoms with E-state index in [-0.39, 0.29) is 10.6 Å². The molecule has 0 aliphatic carbocycles. The standard InChI is InChI=1S/C12H13ClO5S/c1-7(14)17-10-5-9(19(13,15)16)4-8-6-12(2,3)18-11(8)10/h4-5H,6H2,1-3H3. The molecule has 19 heavy (non-hydrogen) atoms. The third-order valence-corrected chi connectivity index (χ3v) is 3.97. The van der Waals surface area contributed by atoms with Gasteiger partial charge < -0.3 is 9.47 Å². The van der Waals surface area contributed by atoms with Crippen LogP contribution in [0.4, 0.5) is 0 Å². The van der Waals surface area contributed by atoms with Gasteiger partial charge in [0.25, 0.3) is 9.05 Å². The number of carbonyl (C=O) groups excluding carboxylic acids is 1. The van der Waals surface area contributed by atoms with E-state index < -0.39 is 20.6 Å². The van der Waals surface area contributed by atoms with Gasteiger partial charge in [0.05, 0.1) is 4.90 Å². The first-order chi connectivity index (χ1) is 8.58. The Hall–Kier alpha value is -1.27. The fourth-order valence-electron chi connectivity index (χ4n) is 2.02. The average Bonchev–Trinajstić information content (AvgIpc) is 2.50. The molecule has 7 heteroatoms. The summed E-state index contributed by atoms with van der Waals surface area (Å²) in [4.78, 5) is 11.0. The molecule has 1 aromatic carbocycles. The molecule has 0 amide bonds.